The summed E-state index contributed by atoms with van der Waals surface area (Å²) in [6, 6.07) is 0.249. The van der Waals surface area contributed by atoms with Crippen LogP contribution in [-0.2, 0) is 0 Å². The second-order valence-electron chi connectivity index (χ2n) is 5.45. The highest BCUT2D eigenvalue weighted by Crippen LogP contribution is 2.34. The summed E-state index contributed by atoms with van der Waals surface area (Å²) in [5, 5.41) is 9.41. The molecule has 2 atom stereocenters. The summed E-state index contributed by atoms with van der Waals surface area (Å²) in [6.45, 7) is 4.53. The molecule has 2 aliphatic rings. The average molecular weight is 212 g/mol. The molecular weight excluding hydrogens is 188 g/mol. The number of hydrogen-bond donors (Lipinski definition) is 2. The van der Waals surface area contributed by atoms with Crippen LogP contribution in [0.5, 0.6) is 0 Å². The first kappa shape index (κ1) is 11.4. The van der Waals surface area contributed by atoms with Crippen LogP contribution in [0.2, 0.25) is 0 Å². The number of nitrogens with two attached hydrogens (primary N) is 1. The minimum absolute atomic E-state index is 0.0764. The van der Waals surface area contributed by atoms with Crippen molar-refractivity contribution in [2.45, 2.75) is 44.7 Å². The minimum Gasteiger partial charge on any atom is -0.395 e. The van der Waals surface area contributed by atoms with Gasteiger partial charge < -0.3 is 10.8 Å². The number of nitrogens with zero attached hydrogens (tertiary/aromatic N) is 1. The second kappa shape index (κ2) is 4.81. The van der Waals surface area contributed by atoms with Crippen molar-refractivity contribution in [3.05, 3.63) is 0 Å². The molecule has 0 aromatic heterocycles. The highest BCUT2D eigenvalue weighted by atomic mass is 16.3. The maximum absolute atomic E-state index is 9.41. The molecule has 2 saturated carbocycles. The van der Waals surface area contributed by atoms with Crippen molar-refractivity contribution in [3.8, 4) is 0 Å². The van der Waals surface area contributed by atoms with Gasteiger partial charge in [-0.25, -0.2) is 0 Å². The topological polar surface area (TPSA) is 49.5 Å². The summed E-state index contributed by atoms with van der Waals surface area (Å²) in [7, 11) is 0. The zero-order valence-corrected chi connectivity index (χ0v) is 9.73. The van der Waals surface area contributed by atoms with Crippen molar-refractivity contribution in [1.29, 1.82) is 0 Å². The molecule has 0 radical (unpaired) electrons. The van der Waals surface area contributed by atoms with Gasteiger partial charge in [-0.15, -0.1) is 0 Å². The lowest BCUT2D eigenvalue weighted by molar-refractivity contribution is 0.0990. The molecule has 3 heteroatoms. The maximum Gasteiger partial charge on any atom is 0.0601 e. The Balaban J connectivity index is 1.87. The van der Waals surface area contributed by atoms with Gasteiger partial charge in [0.25, 0.3) is 0 Å². The normalized spacial score (nSPS) is 25.6. The number of rotatable bonds is 7. The van der Waals surface area contributed by atoms with E-state index in [0.717, 1.165) is 24.9 Å². The van der Waals surface area contributed by atoms with Crippen LogP contribution in [0.1, 0.15) is 32.6 Å². The fourth-order valence-electron chi connectivity index (χ4n) is 2.22. The predicted molar refractivity (Wildman–Crippen MR) is 61.5 cm³/mol. The van der Waals surface area contributed by atoms with E-state index in [1.807, 2.05) is 6.92 Å². The van der Waals surface area contributed by atoms with Crippen LogP contribution >= 0.6 is 0 Å². The number of hydrogen-bond acceptors (Lipinski definition) is 3. The SMILES string of the molecule is CC(N)C(CO)N(CC1CC1)CC1CC1. The molecule has 2 unspecified atom stereocenters. The van der Waals surface area contributed by atoms with Gasteiger partial charge in [0.1, 0.15) is 0 Å². The van der Waals surface area contributed by atoms with Crippen molar-refractivity contribution in [3.63, 3.8) is 0 Å². The summed E-state index contributed by atoms with van der Waals surface area (Å²) in [5.74, 6) is 1.77. The Hall–Kier alpha value is -0.120. The molecule has 88 valence electrons. The average Bonchev–Trinajstić information content (AvgIpc) is 2.98. The first-order chi connectivity index (χ1) is 7.20. The van der Waals surface area contributed by atoms with Gasteiger partial charge in [0, 0.05) is 25.2 Å². The molecule has 2 rings (SSSR count). The smallest absolute Gasteiger partial charge is 0.0601 e. The monoisotopic (exact) mass is 212 g/mol. The Morgan fingerprint density at radius 2 is 1.67 bits per heavy atom. The van der Waals surface area contributed by atoms with E-state index in [2.05, 4.69) is 4.90 Å². The number of aliphatic hydroxyl groups is 1. The zero-order chi connectivity index (χ0) is 10.8. The molecular formula is C12H24N2O. The van der Waals surface area contributed by atoms with Crippen LogP contribution in [-0.4, -0.2) is 41.8 Å². The van der Waals surface area contributed by atoms with Crippen molar-refractivity contribution < 1.29 is 5.11 Å². The second-order valence-corrected chi connectivity index (χ2v) is 5.45. The molecule has 0 aromatic rings. The van der Waals surface area contributed by atoms with Crippen LogP contribution in [0.25, 0.3) is 0 Å². The fourth-order valence-corrected chi connectivity index (χ4v) is 2.22. The lowest BCUT2D eigenvalue weighted by Crippen LogP contribution is -2.50. The van der Waals surface area contributed by atoms with Crippen molar-refractivity contribution >= 4 is 0 Å². The molecule has 0 heterocycles. The molecule has 0 saturated heterocycles. The summed E-state index contributed by atoms with van der Waals surface area (Å²) >= 11 is 0. The van der Waals surface area contributed by atoms with Gasteiger partial charge >= 0.3 is 0 Å². The molecule has 0 aromatic carbocycles. The van der Waals surface area contributed by atoms with E-state index in [-0.39, 0.29) is 18.7 Å². The zero-order valence-electron chi connectivity index (χ0n) is 9.73. The Kier molecular flexibility index (Phi) is 3.65. The summed E-state index contributed by atoms with van der Waals surface area (Å²) in [6.07, 6.45) is 5.49. The first-order valence-corrected chi connectivity index (χ1v) is 6.31. The molecule has 0 bridgehead atoms. The lowest BCUT2D eigenvalue weighted by atomic mass is 10.1. The third-order valence-corrected chi connectivity index (χ3v) is 3.64. The van der Waals surface area contributed by atoms with E-state index >= 15 is 0 Å². The van der Waals surface area contributed by atoms with Gasteiger partial charge in [0.05, 0.1) is 6.61 Å². The molecule has 0 aliphatic heterocycles. The first-order valence-electron chi connectivity index (χ1n) is 6.31. The standard InChI is InChI=1S/C12H24N2O/c1-9(13)12(8-15)14(6-10-2-3-10)7-11-4-5-11/h9-12,15H,2-8,13H2,1H3. The van der Waals surface area contributed by atoms with Crippen molar-refractivity contribution in [2.75, 3.05) is 19.7 Å². The van der Waals surface area contributed by atoms with Gasteiger partial charge in [-0.3, -0.25) is 4.90 Å². The van der Waals surface area contributed by atoms with Crippen molar-refractivity contribution in [1.82, 2.24) is 4.90 Å². The molecule has 3 N–H and O–H groups in total. The van der Waals surface area contributed by atoms with Gasteiger partial charge in [-0.1, -0.05) is 0 Å². The predicted octanol–water partition coefficient (Wildman–Crippen LogP) is 0.816. The van der Waals surface area contributed by atoms with Gasteiger partial charge in [0.2, 0.25) is 0 Å². The number of aliphatic hydroxyl groups excluding tert-OH is 1. The van der Waals surface area contributed by atoms with Crippen LogP contribution in [0, 0.1) is 11.8 Å². The van der Waals surface area contributed by atoms with E-state index in [4.69, 9.17) is 5.73 Å². The molecule has 15 heavy (non-hydrogen) atoms. The summed E-state index contributed by atoms with van der Waals surface area (Å²) in [4.78, 5) is 2.44. The van der Waals surface area contributed by atoms with Crippen LogP contribution < -0.4 is 5.73 Å². The molecule has 0 spiro atoms. The fraction of sp³-hybridized carbons (Fsp3) is 1.00. The molecule has 2 fully saturated rings. The van der Waals surface area contributed by atoms with Crippen LogP contribution in [0.3, 0.4) is 0 Å². The molecule has 0 amide bonds. The Morgan fingerprint density at radius 3 is 1.93 bits per heavy atom. The van der Waals surface area contributed by atoms with Gasteiger partial charge in [-0.05, 0) is 44.4 Å². The highest BCUT2D eigenvalue weighted by Gasteiger charge is 2.33. The van der Waals surface area contributed by atoms with Crippen LogP contribution in [0.15, 0.2) is 0 Å². The van der Waals surface area contributed by atoms with Gasteiger partial charge in [-0.2, -0.15) is 0 Å². The third kappa shape index (κ3) is 3.44. The maximum atomic E-state index is 9.41. The van der Waals surface area contributed by atoms with Crippen LogP contribution in [0.4, 0.5) is 0 Å². The molecule has 2 aliphatic carbocycles. The van der Waals surface area contributed by atoms with E-state index in [1.54, 1.807) is 0 Å². The largest absolute Gasteiger partial charge is 0.395 e. The van der Waals surface area contributed by atoms with E-state index in [0.29, 0.717) is 0 Å². The lowest BCUT2D eigenvalue weighted by Gasteiger charge is -2.33. The van der Waals surface area contributed by atoms with Crippen molar-refractivity contribution in [2.24, 2.45) is 17.6 Å². The Labute approximate surface area is 92.6 Å². The van der Waals surface area contributed by atoms with E-state index < -0.39 is 0 Å². The van der Waals surface area contributed by atoms with Gasteiger partial charge in [0.15, 0.2) is 0 Å². The quantitative estimate of drug-likeness (QED) is 0.657. The minimum atomic E-state index is 0.0764. The summed E-state index contributed by atoms with van der Waals surface area (Å²) in [5.41, 5.74) is 5.94. The Bertz CT molecular complexity index is 186. The molecule has 3 nitrogen and oxygen atoms in total. The Morgan fingerprint density at radius 1 is 1.20 bits per heavy atom. The van der Waals surface area contributed by atoms with E-state index in [9.17, 15) is 5.11 Å². The third-order valence-electron chi connectivity index (χ3n) is 3.64. The van der Waals surface area contributed by atoms with E-state index in [1.165, 1.54) is 25.7 Å². The highest BCUT2D eigenvalue weighted by molar-refractivity contribution is 4.88. The summed E-state index contributed by atoms with van der Waals surface area (Å²) < 4.78 is 0.